The quantitative estimate of drug-likeness (QED) is 0.556. The van der Waals surface area contributed by atoms with Crippen molar-refractivity contribution < 1.29 is 4.74 Å². The lowest BCUT2D eigenvalue weighted by molar-refractivity contribution is 0.271. The Bertz CT molecular complexity index is 1160. The highest BCUT2D eigenvalue weighted by atomic mass is 35.5. The maximum absolute atomic E-state index is 13.5. The third-order valence-electron chi connectivity index (χ3n) is 6.26. The van der Waals surface area contributed by atoms with Crippen LogP contribution in [0.15, 0.2) is 35.1 Å². The van der Waals surface area contributed by atoms with E-state index in [1.807, 2.05) is 19.1 Å². The molecule has 2 heterocycles. The highest BCUT2D eigenvalue weighted by Gasteiger charge is 2.21. The zero-order chi connectivity index (χ0) is 22.1. The molecule has 0 amide bonds. The van der Waals surface area contributed by atoms with Crippen molar-refractivity contribution in [2.75, 3.05) is 13.2 Å². The molecule has 1 unspecified atom stereocenters. The van der Waals surface area contributed by atoms with Crippen LogP contribution in [0.3, 0.4) is 0 Å². The molecule has 0 radical (unpaired) electrons. The third kappa shape index (κ3) is 4.51. The topological polar surface area (TPSA) is 43.3 Å². The molecule has 0 aliphatic carbocycles. The van der Waals surface area contributed by atoms with Gasteiger partial charge in [-0.3, -0.25) is 4.79 Å². The van der Waals surface area contributed by atoms with Gasteiger partial charge in [-0.25, -0.2) is 0 Å². The fourth-order valence-corrected chi connectivity index (χ4v) is 4.79. The minimum Gasteiger partial charge on any atom is -0.492 e. The second kappa shape index (κ2) is 9.05. The molecule has 1 aliphatic rings. The molecule has 2 aromatic carbocycles. The average molecular weight is 439 g/mol. The lowest BCUT2D eigenvalue weighted by Gasteiger charge is -2.24. The number of aryl methyl sites for hydroxylation is 4. The Kier molecular flexibility index (Phi) is 6.40. The molecule has 0 spiro atoms. The number of nitrogens with one attached hydrogen (secondary N) is 1. The maximum atomic E-state index is 13.5. The molecule has 1 fully saturated rings. The number of aromatic nitrogens is 1. The zero-order valence-corrected chi connectivity index (χ0v) is 19.6. The fraction of sp³-hybridized carbons (Fsp3) is 0.423. The van der Waals surface area contributed by atoms with Crippen LogP contribution in [0.2, 0.25) is 5.02 Å². The van der Waals surface area contributed by atoms with E-state index >= 15 is 0 Å². The summed E-state index contributed by atoms with van der Waals surface area (Å²) >= 11 is 6.40. The van der Waals surface area contributed by atoms with Gasteiger partial charge in [-0.1, -0.05) is 47.3 Å². The molecule has 4 nitrogen and oxygen atoms in total. The van der Waals surface area contributed by atoms with E-state index in [-0.39, 0.29) is 5.56 Å². The van der Waals surface area contributed by atoms with E-state index in [4.69, 9.17) is 16.3 Å². The Morgan fingerprint density at radius 1 is 1.10 bits per heavy atom. The lowest BCUT2D eigenvalue weighted by atomic mass is 9.98. The molecule has 0 saturated carbocycles. The molecule has 164 valence electrons. The second-order valence-corrected chi connectivity index (χ2v) is 9.25. The highest BCUT2D eigenvalue weighted by Crippen LogP contribution is 2.37. The van der Waals surface area contributed by atoms with Crippen LogP contribution in [0.4, 0.5) is 0 Å². The summed E-state index contributed by atoms with van der Waals surface area (Å²) < 4.78 is 8.11. The van der Waals surface area contributed by atoms with Crippen LogP contribution in [0.1, 0.15) is 42.4 Å². The first kappa shape index (κ1) is 21.9. The van der Waals surface area contributed by atoms with Crippen LogP contribution in [0, 0.1) is 20.8 Å². The van der Waals surface area contributed by atoms with Crippen molar-refractivity contribution >= 4 is 22.5 Å². The number of piperidine rings is 1. The summed E-state index contributed by atoms with van der Waals surface area (Å²) in [7, 11) is 1.80. The summed E-state index contributed by atoms with van der Waals surface area (Å²) in [6, 6.07) is 10.6. The number of pyridine rings is 1. The van der Waals surface area contributed by atoms with E-state index in [1.54, 1.807) is 11.6 Å². The number of nitrogens with zero attached hydrogens (tertiary/aromatic N) is 1. The van der Waals surface area contributed by atoms with Gasteiger partial charge in [0.1, 0.15) is 5.75 Å². The zero-order valence-electron chi connectivity index (χ0n) is 18.8. The first-order valence-corrected chi connectivity index (χ1v) is 11.5. The molecule has 1 aromatic heterocycles. The average Bonchev–Trinajstić information content (AvgIpc) is 2.73. The molecule has 1 N–H and O–H groups in total. The van der Waals surface area contributed by atoms with Gasteiger partial charge in [0.2, 0.25) is 0 Å². The standard InChI is InChI=1S/C26H31ClN2O2/c1-16-11-17(2)13-19(12-16)24-25(31-10-8-20-7-5-6-9-28-20)21-14-18(3)22(27)15-23(21)29(4)26(24)30/h11-15,20,28H,5-10H2,1-4H3. The van der Waals surface area contributed by atoms with E-state index in [0.29, 0.717) is 29.0 Å². The number of hydrogen-bond acceptors (Lipinski definition) is 3. The minimum absolute atomic E-state index is 0.0665. The van der Waals surface area contributed by atoms with Gasteiger partial charge in [0.15, 0.2) is 0 Å². The first-order valence-electron chi connectivity index (χ1n) is 11.1. The van der Waals surface area contributed by atoms with Gasteiger partial charge in [0.05, 0.1) is 17.7 Å². The van der Waals surface area contributed by atoms with Crippen LogP contribution in [-0.2, 0) is 7.05 Å². The van der Waals surface area contributed by atoms with E-state index < -0.39 is 0 Å². The maximum Gasteiger partial charge on any atom is 0.262 e. The number of halogens is 1. The summed E-state index contributed by atoms with van der Waals surface area (Å²) in [5.74, 6) is 0.665. The fourth-order valence-electron chi connectivity index (χ4n) is 4.64. The van der Waals surface area contributed by atoms with Crippen molar-refractivity contribution in [3.8, 4) is 16.9 Å². The number of ether oxygens (including phenoxy) is 1. The smallest absolute Gasteiger partial charge is 0.262 e. The Hall–Kier alpha value is -2.30. The van der Waals surface area contributed by atoms with Crippen molar-refractivity contribution in [3.05, 3.63) is 62.4 Å². The molecule has 3 aromatic rings. The minimum atomic E-state index is -0.0665. The largest absolute Gasteiger partial charge is 0.492 e. The third-order valence-corrected chi connectivity index (χ3v) is 6.67. The van der Waals surface area contributed by atoms with Gasteiger partial charge in [0, 0.05) is 23.5 Å². The molecule has 4 rings (SSSR count). The highest BCUT2D eigenvalue weighted by molar-refractivity contribution is 6.32. The number of benzene rings is 2. The number of hydrogen-bond donors (Lipinski definition) is 1. The van der Waals surface area contributed by atoms with E-state index in [9.17, 15) is 4.79 Å². The van der Waals surface area contributed by atoms with Crippen LogP contribution in [-0.4, -0.2) is 23.8 Å². The van der Waals surface area contributed by atoms with Gasteiger partial charge in [-0.15, -0.1) is 0 Å². The second-order valence-electron chi connectivity index (χ2n) is 8.85. The van der Waals surface area contributed by atoms with Crippen molar-refractivity contribution in [1.82, 2.24) is 9.88 Å². The summed E-state index contributed by atoms with van der Waals surface area (Å²) in [5, 5.41) is 5.16. The molecule has 1 saturated heterocycles. The SMILES string of the molecule is Cc1cc(C)cc(-c2c(OCCC3CCCCN3)c3cc(C)c(Cl)cc3n(C)c2=O)c1. The molecule has 1 atom stereocenters. The van der Waals surface area contributed by atoms with E-state index in [0.717, 1.165) is 46.1 Å². The Morgan fingerprint density at radius 3 is 2.52 bits per heavy atom. The van der Waals surface area contributed by atoms with Crippen LogP contribution >= 0.6 is 11.6 Å². The summed E-state index contributed by atoms with van der Waals surface area (Å²) in [6.07, 6.45) is 4.61. The van der Waals surface area contributed by atoms with Crippen LogP contribution < -0.4 is 15.6 Å². The van der Waals surface area contributed by atoms with Gasteiger partial charge < -0.3 is 14.6 Å². The monoisotopic (exact) mass is 438 g/mol. The summed E-state index contributed by atoms with van der Waals surface area (Å²) in [5.41, 5.74) is 5.47. The van der Waals surface area contributed by atoms with Gasteiger partial charge in [-0.05, 0) is 69.8 Å². The van der Waals surface area contributed by atoms with Gasteiger partial charge in [0.25, 0.3) is 5.56 Å². The molecular weight excluding hydrogens is 408 g/mol. The Labute approximate surface area is 189 Å². The molecule has 5 heteroatoms. The van der Waals surface area contributed by atoms with Gasteiger partial charge in [-0.2, -0.15) is 0 Å². The van der Waals surface area contributed by atoms with Crippen molar-refractivity contribution in [2.45, 2.75) is 52.5 Å². The first-order chi connectivity index (χ1) is 14.8. The molecule has 1 aliphatic heterocycles. The van der Waals surface area contributed by atoms with Crippen molar-refractivity contribution in [3.63, 3.8) is 0 Å². The molecule has 31 heavy (non-hydrogen) atoms. The van der Waals surface area contributed by atoms with Crippen LogP contribution in [0.5, 0.6) is 5.75 Å². The van der Waals surface area contributed by atoms with Crippen molar-refractivity contribution in [2.24, 2.45) is 7.05 Å². The summed E-state index contributed by atoms with van der Waals surface area (Å²) in [6.45, 7) is 7.74. The predicted octanol–water partition coefficient (Wildman–Crippen LogP) is 5.70. The predicted molar refractivity (Wildman–Crippen MR) is 130 cm³/mol. The van der Waals surface area contributed by atoms with Crippen molar-refractivity contribution in [1.29, 1.82) is 0 Å². The Morgan fingerprint density at radius 2 is 1.84 bits per heavy atom. The van der Waals surface area contributed by atoms with E-state index in [2.05, 4.69) is 37.4 Å². The van der Waals surface area contributed by atoms with Crippen LogP contribution in [0.25, 0.3) is 22.0 Å². The van der Waals surface area contributed by atoms with E-state index in [1.165, 1.54) is 19.3 Å². The summed E-state index contributed by atoms with van der Waals surface area (Å²) in [4.78, 5) is 13.5. The normalized spacial score (nSPS) is 16.6. The lowest BCUT2D eigenvalue weighted by Crippen LogP contribution is -2.35. The number of fused-ring (bicyclic) bond motifs is 1. The number of rotatable bonds is 5. The molecule has 0 bridgehead atoms. The van der Waals surface area contributed by atoms with Gasteiger partial charge >= 0.3 is 0 Å². The Balaban J connectivity index is 1.85. The molecular formula is C26H31ClN2O2.